The van der Waals surface area contributed by atoms with Gasteiger partial charge in [0.2, 0.25) is 0 Å². The van der Waals surface area contributed by atoms with Crippen LogP contribution in [-0.2, 0) is 33.3 Å². The van der Waals surface area contributed by atoms with Crippen molar-refractivity contribution >= 4 is 17.9 Å². The largest absolute Gasteiger partial charge is 0.477 e. The zero-order valence-electron chi connectivity index (χ0n) is 53.2. The standard InChI is InChI=1S/C72H125NO8/c1-6-8-10-12-14-16-18-20-22-24-26-28-30-31-32-33-34-35-36-37-38-39-41-43-45-47-49-51-53-55-57-59-61-63-70(75)81-68(67-80-72(71(76)77)78-65-64-73(3,4)5)66-79-69(74)62-60-58-56-54-52-50-48-46-44-42-40-29-27-25-23-21-19-17-15-13-11-9-7-2/h8,10,14,16,20,22,26,28,31-32,34-35,37-38,41,43,68,72H,6-7,9,11-13,15,17-19,21,23-25,27,29-30,33,36,39-40,42,44-67H2,1-5H3/p+1/b10-8-,16-14-,22-20-,28-26-,32-31-,35-34-,38-37-,43-41-. The lowest BCUT2D eigenvalue weighted by molar-refractivity contribution is -0.870. The highest BCUT2D eigenvalue weighted by Crippen LogP contribution is 2.17. The maximum absolute atomic E-state index is 12.9. The van der Waals surface area contributed by atoms with Gasteiger partial charge in [0.05, 0.1) is 34.4 Å². The molecule has 0 fully saturated rings. The van der Waals surface area contributed by atoms with Gasteiger partial charge in [-0.2, -0.15) is 0 Å². The number of carbonyl (C=O) groups is 3. The normalized spacial score (nSPS) is 13.3. The summed E-state index contributed by atoms with van der Waals surface area (Å²) in [6, 6.07) is 0. The third-order valence-electron chi connectivity index (χ3n) is 14.4. The predicted molar refractivity (Wildman–Crippen MR) is 345 cm³/mol. The average Bonchev–Trinajstić information content (AvgIpc) is 3.44. The summed E-state index contributed by atoms with van der Waals surface area (Å²) in [5, 5.41) is 9.73. The molecule has 0 rings (SSSR count). The number of hydrogen-bond acceptors (Lipinski definition) is 7. The molecular weight excluding hydrogens is 1010 g/mol. The molecule has 0 bridgehead atoms. The van der Waals surface area contributed by atoms with Crippen molar-refractivity contribution in [2.75, 3.05) is 47.5 Å². The van der Waals surface area contributed by atoms with Gasteiger partial charge in [-0.25, -0.2) is 4.79 Å². The maximum Gasteiger partial charge on any atom is 0.361 e. The number of carboxylic acid groups (broad SMARTS) is 1. The van der Waals surface area contributed by atoms with E-state index in [1.54, 1.807) is 0 Å². The number of quaternary nitrogens is 1. The number of rotatable bonds is 61. The van der Waals surface area contributed by atoms with Gasteiger partial charge < -0.3 is 28.5 Å². The van der Waals surface area contributed by atoms with E-state index >= 15 is 0 Å². The molecular formula is C72H126NO8+. The molecule has 0 aliphatic heterocycles. The summed E-state index contributed by atoms with van der Waals surface area (Å²) in [5.74, 6) is -2.01. The first-order chi connectivity index (χ1) is 39.6. The van der Waals surface area contributed by atoms with Crippen molar-refractivity contribution in [1.82, 2.24) is 0 Å². The average molecular weight is 1130 g/mol. The van der Waals surface area contributed by atoms with Crippen LogP contribution in [0.15, 0.2) is 97.2 Å². The zero-order valence-corrected chi connectivity index (χ0v) is 53.2. The van der Waals surface area contributed by atoms with E-state index in [0.29, 0.717) is 23.9 Å². The van der Waals surface area contributed by atoms with E-state index in [0.717, 1.165) is 96.3 Å². The number of likely N-dealkylation sites (N-methyl/N-ethyl adjacent to an activating group) is 1. The van der Waals surface area contributed by atoms with Crippen molar-refractivity contribution in [3.63, 3.8) is 0 Å². The summed E-state index contributed by atoms with van der Waals surface area (Å²) in [7, 11) is 5.97. The lowest BCUT2D eigenvalue weighted by Gasteiger charge is -2.25. The Kier molecular flexibility index (Phi) is 59.3. The first kappa shape index (κ1) is 77.2. The minimum Gasteiger partial charge on any atom is -0.477 e. The summed E-state index contributed by atoms with van der Waals surface area (Å²) in [6.07, 6.45) is 82.2. The van der Waals surface area contributed by atoms with Crippen molar-refractivity contribution in [2.24, 2.45) is 0 Å². The Morgan fingerprint density at radius 2 is 0.704 bits per heavy atom. The van der Waals surface area contributed by atoms with Crippen LogP contribution in [-0.4, -0.2) is 87.4 Å². The number of ether oxygens (including phenoxy) is 4. The summed E-state index contributed by atoms with van der Waals surface area (Å²) < 4.78 is 23.0. The number of aliphatic carboxylic acids is 1. The lowest BCUT2D eigenvalue weighted by atomic mass is 10.0. The first-order valence-electron chi connectivity index (χ1n) is 33.4. The van der Waals surface area contributed by atoms with Crippen LogP contribution in [0.4, 0.5) is 0 Å². The molecule has 0 saturated heterocycles. The minimum atomic E-state index is -1.52. The van der Waals surface area contributed by atoms with Gasteiger partial charge in [0.25, 0.3) is 6.29 Å². The number of nitrogens with zero attached hydrogens (tertiary/aromatic N) is 1. The summed E-state index contributed by atoms with van der Waals surface area (Å²) in [5.41, 5.74) is 0. The first-order valence-corrected chi connectivity index (χ1v) is 33.4. The van der Waals surface area contributed by atoms with E-state index in [2.05, 4.69) is 111 Å². The number of carbonyl (C=O) groups excluding carboxylic acids is 2. The highest BCUT2D eigenvalue weighted by atomic mass is 16.7. The van der Waals surface area contributed by atoms with Crippen molar-refractivity contribution < 1.29 is 42.9 Å². The maximum atomic E-state index is 12.9. The van der Waals surface area contributed by atoms with Gasteiger partial charge in [0, 0.05) is 12.8 Å². The van der Waals surface area contributed by atoms with Gasteiger partial charge in [-0.3, -0.25) is 9.59 Å². The van der Waals surface area contributed by atoms with Crippen molar-refractivity contribution in [1.29, 1.82) is 0 Å². The van der Waals surface area contributed by atoms with E-state index in [-0.39, 0.29) is 32.2 Å². The van der Waals surface area contributed by atoms with Crippen molar-refractivity contribution in [3.8, 4) is 0 Å². The van der Waals surface area contributed by atoms with Gasteiger partial charge in [0.15, 0.2) is 6.10 Å². The molecule has 0 heterocycles. The molecule has 0 aliphatic rings. The monoisotopic (exact) mass is 1130 g/mol. The van der Waals surface area contributed by atoms with Gasteiger partial charge in [0.1, 0.15) is 13.2 Å². The van der Waals surface area contributed by atoms with Crippen LogP contribution < -0.4 is 0 Å². The second-order valence-electron chi connectivity index (χ2n) is 23.4. The summed E-state index contributed by atoms with van der Waals surface area (Å²) in [6.45, 7) is 4.78. The fourth-order valence-corrected chi connectivity index (χ4v) is 9.27. The van der Waals surface area contributed by atoms with Crippen LogP contribution >= 0.6 is 0 Å². The van der Waals surface area contributed by atoms with Crippen LogP contribution in [0.1, 0.15) is 284 Å². The van der Waals surface area contributed by atoms with Crippen LogP contribution in [0, 0.1) is 0 Å². The van der Waals surface area contributed by atoms with Gasteiger partial charge in [-0.1, -0.05) is 291 Å². The number of esters is 2. The third-order valence-corrected chi connectivity index (χ3v) is 14.4. The molecule has 0 aromatic heterocycles. The molecule has 0 aliphatic carbocycles. The molecule has 81 heavy (non-hydrogen) atoms. The number of hydrogen-bond donors (Lipinski definition) is 1. The molecule has 0 amide bonds. The SMILES string of the molecule is CC/C=C\C/C=C\C/C=C\C/C=C\C/C=C\C/C=C\C/C=C\C/C=C\CCCCCCCCCCC(=O)OC(COC(=O)CCCCCCCCCCCCCCCCCCCCCCCCC)COC(OCC[N+](C)(C)C)C(=O)O. The topological polar surface area (TPSA) is 108 Å². The molecule has 0 radical (unpaired) electrons. The molecule has 0 aromatic rings. The highest BCUT2D eigenvalue weighted by molar-refractivity contribution is 5.71. The molecule has 2 atom stereocenters. The van der Waals surface area contributed by atoms with E-state index in [1.165, 1.54) is 154 Å². The third kappa shape index (κ3) is 63.6. The van der Waals surface area contributed by atoms with Crippen LogP contribution in [0.3, 0.4) is 0 Å². The molecule has 1 N–H and O–H groups in total. The Bertz CT molecular complexity index is 1650. The molecule has 9 nitrogen and oxygen atoms in total. The Hall–Kier alpha value is -3.79. The second-order valence-corrected chi connectivity index (χ2v) is 23.4. The van der Waals surface area contributed by atoms with Gasteiger partial charge >= 0.3 is 17.9 Å². The predicted octanol–water partition coefficient (Wildman–Crippen LogP) is 20.5. The Morgan fingerprint density at radius 3 is 1.05 bits per heavy atom. The summed E-state index contributed by atoms with van der Waals surface area (Å²) >= 11 is 0. The molecule has 9 heteroatoms. The van der Waals surface area contributed by atoms with E-state index in [1.807, 2.05) is 21.1 Å². The van der Waals surface area contributed by atoms with Crippen molar-refractivity contribution in [2.45, 2.75) is 296 Å². The van der Waals surface area contributed by atoms with Crippen LogP contribution in [0.5, 0.6) is 0 Å². The fraction of sp³-hybridized carbons (Fsp3) is 0.736. The smallest absolute Gasteiger partial charge is 0.361 e. The summed E-state index contributed by atoms with van der Waals surface area (Å²) in [4.78, 5) is 37.6. The Balaban J connectivity index is 4.19. The van der Waals surface area contributed by atoms with Crippen LogP contribution in [0.25, 0.3) is 0 Å². The van der Waals surface area contributed by atoms with E-state index in [9.17, 15) is 19.5 Å². The van der Waals surface area contributed by atoms with E-state index in [4.69, 9.17) is 18.9 Å². The molecule has 2 unspecified atom stereocenters. The number of unbranched alkanes of at least 4 members (excludes halogenated alkanes) is 30. The minimum absolute atomic E-state index is 0.183. The lowest BCUT2D eigenvalue weighted by Crippen LogP contribution is -2.40. The highest BCUT2D eigenvalue weighted by Gasteiger charge is 2.25. The van der Waals surface area contributed by atoms with Crippen molar-refractivity contribution in [3.05, 3.63) is 97.2 Å². The van der Waals surface area contributed by atoms with E-state index < -0.39 is 24.3 Å². The Labute approximate surface area is 499 Å². The molecule has 466 valence electrons. The molecule has 0 spiro atoms. The zero-order chi connectivity index (χ0) is 59.1. The Morgan fingerprint density at radius 1 is 0.383 bits per heavy atom. The quantitative estimate of drug-likeness (QED) is 0.0211. The second kappa shape index (κ2) is 62.3. The fourth-order valence-electron chi connectivity index (χ4n) is 9.27. The molecule has 0 aromatic carbocycles. The van der Waals surface area contributed by atoms with Crippen LogP contribution in [0.2, 0.25) is 0 Å². The number of allylic oxidation sites excluding steroid dienone is 16. The number of carboxylic acids is 1. The van der Waals surface area contributed by atoms with Gasteiger partial charge in [-0.05, 0) is 77.0 Å². The molecule has 0 saturated carbocycles. The van der Waals surface area contributed by atoms with Gasteiger partial charge in [-0.15, -0.1) is 0 Å².